The van der Waals surface area contributed by atoms with Gasteiger partial charge in [0.1, 0.15) is 11.4 Å². The van der Waals surface area contributed by atoms with Crippen LogP contribution < -0.4 is 10.3 Å². The third-order valence-corrected chi connectivity index (χ3v) is 3.77. The van der Waals surface area contributed by atoms with E-state index in [0.717, 1.165) is 40.9 Å². The van der Waals surface area contributed by atoms with Gasteiger partial charge >= 0.3 is 12.4 Å². The van der Waals surface area contributed by atoms with E-state index in [9.17, 15) is 31.1 Å². The molecule has 29 heavy (non-hydrogen) atoms. The summed E-state index contributed by atoms with van der Waals surface area (Å²) in [5.74, 6) is -0.229. The van der Waals surface area contributed by atoms with E-state index in [4.69, 9.17) is 5.26 Å². The monoisotopic (exact) mass is 413 g/mol. The molecule has 0 saturated carbocycles. The largest absolute Gasteiger partial charge is 0.484 e. The topological polar surface area (TPSA) is 67.4 Å². The molecule has 0 fully saturated rings. The minimum atomic E-state index is -4.99. The number of hydrogen-bond donors (Lipinski definition) is 0. The first kappa shape index (κ1) is 20.2. The Balaban J connectivity index is 2.14. The average Bonchev–Trinajstić information content (AvgIpc) is 2.65. The van der Waals surface area contributed by atoms with Crippen molar-refractivity contribution in [2.75, 3.05) is 6.61 Å². The number of fused-ring (bicyclic) bond motifs is 1. The lowest BCUT2D eigenvalue weighted by atomic mass is 10.0. The Morgan fingerprint density at radius 3 is 2.28 bits per heavy atom. The lowest BCUT2D eigenvalue weighted by Crippen LogP contribution is -2.24. The molecule has 0 amide bonds. The van der Waals surface area contributed by atoms with Crippen molar-refractivity contribution in [1.82, 2.24) is 9.38 Å². The standard InChI is InChI=1S/C18H9F6N3O2/c19-17(20,21)9-29-12-3-1-11(2-4-12)14-15(18(22,23)24)26-13-7-10(8-25)5-6-27(13)16(14)28/h1-7H,9H2. The van der Waals surface area contributed by atoms with Crippen LogP contribution in [-0.2, 0) is 6.18 Å². The summed E-state index contributed by atoms with van der Waals surface area (Å²) < 4.78 is 82.6. The van der Waals surface area contributed by atoms with Crippen molar-refractivity contribution >= 4 is 5.65 Å². The summed E-state index contributed by atoms with van der Waals surface area (Å²) in [6, 6.07) is 8.13. The highest BCUT2D eigenvalue weighted by Crippen LogP contribution is 2.34. The van der Waals surface area contributed by atoms with Crippen molar-refractivity contribution in [1.29, 1.82) is 5.26 Å². The van der Waals surface area contributed by atoms with Gasteiger partial charge in [-0.2, -0.15) is 31.6 Å². The molecule has 2 heterocycles. The fourth-order valence-electron chi connectivity index (χ4n) is 2.56. The molecule has 0 aliphatic rings. The van der Waals surface area contributed by atoms with Gasteiger partial charge in [0.05, 0.1) is 17.2 Å². The second kappa shape index (κ2) is 7.12. The number of aromatic nitrogens is 2. The Morgan fingerprint density at radius 2 is 1.72 bits per heavy atom. The van der Waals surface area contributed by atoms with E-state index < -0.39 is 35.8 Å². The van der Waals surface area contributed by atoms with Crippen molar-refractivity contribution < 1.29 is 31.1 Å². The third-order valence-electron chi connectivity index (χ3n) is 3.77. The highest BCUT2D eigenvalue weighted by Gasteiger charge is 2.38. The van der Waals surface area contributed by atoms with Crippen LogP contribution in [0.4, 0.5) is 26.3 Å². The van der Waals surface area contributed by atoms with Crippen molar-refractivity contribution in [3.8, 4) is 22.9 Å². The van der Waals surface area contributed by atoms with Gasteiger partial charge in [0.25, 0.3) is 5.56 Å². The maximum Gasteiger partial charge on any atom is 0.434 e. The SMILES string of the molecule is N#Cc1ccn2c(=O)c(-c3ccc(OCC(F)(F)F)cc3)c(C(F)(F)F)nc2c1. The van der Waals surface area contributed by atoms with Crippen molar-refractivity contribution in [3.05, 3.63) is 64.2 Å². The van der Waals surface area contributed by atoms with Gasteiger partial charge in [-0.05, 0) is 29.8 Å². The fraction of sp³-hybridized carbons (Fsp3) is 0.167. The van der Waals surface area contributed by atoms with Crippen LogP contribution in [-0.4, -0.2) is 22.2 Å². The molecule has 2 aromatic heterocycles. The maximum atomic E-state index is 13.5. The van der Waals surface area contributed by atoms with Crippen LogP contribution >= 0.6 is 0 Å². The second-order valence-corrected chi connectivity index (χ2v) is 5.82. The van der Waals surface area contributed by atoms with Crippen molar-refractivity contribution in [2.24, 2.45) is 0 Å². The van der Waals surface area contributed by atoms with Crippen LogP contribution in [0, 0.1) is 11.3 Å². The minimum absolute atomic E-state index is 0.0175. The molecule has 0 saturated heterocycles. The molecule has 1 aromatic carbocycles. The first-order valence-electron chi connectivity index (χ1n) is 7.83. The van der Waals surface area contributed by atoms with Gasteiger partial charge in [0, 0.05) is 6.20 Å². The van der Waals surface area contributed by atoms with Gasteiger partial charge in [0.2, 0.25) is 0 Å². The molecular weight excluding hydrogens is 404 g/mol. The first-order chi connectivity index (χ1) is 13.5. The number of hydrogen-bond acceptors (Lipinski definition) is 4. The molecule has 0 aliphatic carbocycles. The Morgan fingerprint density at radius 1 is 1.07 bits per heavy atom. The third kappa shape index (κ3) is 4.31. The molecule has 0 radical (unpaired) electrons. The molecule has 0 unspecified atom stereocenters. The van der Waals surface area contributed by atoms with E-state index in [-0.39, 0.29) is 22.5 Å². The van der Waals surface area contributed by atoms with E-state index in [1.807, 2.05) is 0 Å². The van der Waals surface area contributed by atoms with Crippen LogP contribution in [0.25, 0.3) is 16.8 Å². The number of nitrogens with zero attached hydrogens (tertiary/aromatic N) is 3. The average molecular weight is 413 g/mol. The summed E-state index contributed by atoms with van der Waals surface area (Å²) in [5, 5.41) is 8.88. The molecular formula is C18H9F6N3O2. The summed E-state index contributed by atoms with van der Waals surface area (Å²) in [4.78, 5) is 16.2. The van der Waals surface area contributed by atoms with Gasteiger partial charge in [-0.3, -0.25) is 9.20 Å². The van der Waals surface area contributed by atoms with E-state index in [0.29, 0.717) is 0 Å². The van der Waals surface area contributed by atoms with Gasteiger partial charge in [-0.25, -0.2) is 4.98 Å². The Bertz CT molecular complexity index is 1160. The van der Waals surface area contributed by atoms with Crippen LogP contribution in [0.3, 0.4) is 0 Å². The zero-order chi connectivity index (χ0) is 21.4. The molecule has 0 spiro atoms. The summed E-state index contributed by atoms with van der Waals surface area (Å²) in [6.07, 6.45) is -8.45. The summed E-state index contributed by atoms with van der Waals surface area (Å²) in [7, 11) is 0. The van der Waals surface area contributed by atoms with Gasteiger partial charge < -0.3 is 4.74 Å². The zero-order valence-electron chi connectivity index (χ0n) is 14.2. The van der Waals surface area contributed by atoms with Crippen LogP contribution in [0.5, 0.6) is 5.75 Å². The smallest absolute Gasteiger partial charge is 0.434 e. The zero-order valence-corrected chi connectivity index (χ0v) is 14.2. The normalized spacial score (nSPS) is 12.0. The summed E-state index contributed by atoms with van der Waals surface area (Å²) in [6.45, 7) is -1.57. The molecule has 11 heteroatoms. The number of benzene rings is 1. The first-order valence-corrected chi connectivity index (χ1v) is 7.83. The minimum Gasteiger partial charge on any atom is -0.484 e. The quantitative estimate of drug-likeness (QED) is 0.604. The number of rotatable bonds is 3. The molecule has 0 aliphatic heterocycles. The predicted molar refractivity (Wildman–Crippen MR) is 88.2 cm³/mol. The fourth-order valence-corrected chi connectivity index (χ4v) is 2.56. The number of halogens is 6. The number of pyridine rings is 1. The lowest BCUT2D eigenvalue weighted by molar-refractivity contribution is -0.153. The maximum absolute atomic E-state index is 13.5. The van der Waals surface area contributed by atoms with E-state index >= 15 is 0 Å². The molecule has 150 valence electrons. The van der Waals surface area contributed by atoms with E-state index in [2.05, 4.69) is 9.72 Å². The van der Waals surface area contributed by atoms with Gasteiger partial charge in [0.15, 0.2) is 12.3 Å². The van der Waals surface area contributed by atoms with E-state index in [1.54, 1.807) is 6.07 Å². The molecule has 0 atom stereocenters. The highest BCUT2D eigenvalue weighted by molar-refractivity contribution is 5.68. The summed E-state index contributed by atoms with van der Waals surface area (Å²) >= 11 is 0. The van der Waals surface area contributed by atoms with Crippen LogP contribution in [0.15, 0.2) is 47.4 Å². The van der Waals surface area contributed by atoms with Crippen LogP contribution in [0.1, 0.15) is 11.3 Å². The molecule has 3 aromatic rings. The predicted octanol–water partition coefficient (Wildman–Crippen LogP) is 4.19. The molecule has 0 N–H and O–H groups in total. The van der Waals surface area contributed by atoms with Crippen molar-refractivity contribution in [3.63, 3.8) is 0 Å². The highest BCUT2D eigenvalue weighted by atomic mass is 19.4. The number of nitriles is 1. The summed E-state index contributed by atoms with van der Waals surface area (Å²) in [5.41, 5.74) is -3.84. The number of ether oxygens (including phenoxy) is 1. The van der Waals surface area contributed by atoms with Gasteiger partial charge in [-0.1, -0.05) is 12.1 Å². The molecule has 0 bridgehead atoms. The van der Waals surface area contributed by atoms with Crippen LogP contribution in [0.2, 0.25) is 0 Å². The van der Waals surface area contributed by atoms with E-state index in [1.165, 1.54) is 6.07 Å². The van der Waals surface area contributed by atoms with Gasteiger partial charge in [-0.15, -0.1) is 0 Å². The van der Waals surface area contributed by atoms with Crippen molar-refractivity contribution in [2.45, 2.75) is 12.4 Å². The Labute approximate surface area is 158 Å². The second-order valence-electron chi connectivity index (χ2n) is 5.82. The molecule has 5 nitrogen and oxygen atoms in total. The lowest BCUT2D eigenvalue weighted by Gasteiger charge is -2.14. The Kier molecular flexibility index (Phi) is 4.96. The number of alkyl halides is 6. The molecule has 3 rings (SSSR count). The Hall–Kier alpha value is -3.55.